The number of carbonyl (C=O) groups excluding carboxylic acids is 3. The molecular weight excluding hydrogens is 570 g/mol. The second-order valence-electron chi connectivity index (χ2n) is 8.03. The van der Waals surface area contributed by atoms with Crippen molar-refractivity contribution in [3.8, 4) is 0 Å². The summed E-state index contributed by atoms with van der Waals surface area (Å²) in [4.78, 5) is 43.2. The monoisotopic (exact) mass is 593 g/mol. The summed E-state index contributed by atoms with van der Waals surface area (Å²) >= 11 is 3.97. The zero-order chi connectivity index (χ0) is 28.3. The summed E-state index contributed by atoms with van der Waals surface area (Å²) in [5, 5.41) is 9.15. The molecule has 0 aliphatic rings. The zero-order valence-electron chi connectivity index (χ0n) is 21.2. The van der Waals surface area contributed by atoms with Crippen LogP contribution in [0.5, 0.6) is 0 Å². The number of anilines is 2. The standard InChI is InChI=1S/C28H24FN5O3S3/c1-2-38-28-33-27(40-34-28)32-24(35)17-39-21-14-12-20(13-15-21)30-26(37)23(16-19-10-6-7-11-22(19)29)31-25(36)18-8-4-3-5-9-18/h3-16H,2,17H2,1H3,(H,30,37)(H,31,36)(H,32,33,34,35)/b23-16-. The molecule has 204 valence electrons. The molecule has 0 atom stereocenters. The molecule has 1 heterocycles. The largest absolute Gasteiger partial charge is 0.321 e. The van der Waals surface area contributed by atoms with Gasteiger partial charge in [-0.25, -0.2) is 4.39 Å². The van der Waals surface area contributed by atoms with Crippen molar-refractivity contribution >= 4 is 69.7 Å². The van der Waals surface area contributed by atoms with Gasteiger partial charge in [0.1, 0.15) is 11.5 Å². The second-order valence-corrected chi connectivity index (χ2v) is 11.1. The van der Waals surface area contributed by atoms with Crippen molar-refractivity contribution in [2.75, 3.05) is 22.1 Å². The molecule has 0 fully saturated rings. The normalized spacial score (nSPS) is 11.1. The van der Waals surface area contributed by atoms with Gasteiger partial charge in [-0.15, -0.1) is 11.8 Å². The van der Waals surface area contributed by atoms with Crippen LogP contribution >= 0.6 is 35.1 Å². The fourth-order valence-corrected chi connectivity index (χ4v) is 5.26. The van der Waals surface area contributed by atoms with Gasteiger partial charge in [-0.2, -0.15) is 9.36 Å². The fourth-order valence-electron chi connectivity index (χ4n) is 3.28. The molecule has 0 aliphatic carbocycles. The number of amides is 3. The quantitative estimate of drug-likeness (QED) is 0.146. The number of benzene rings is 3. The van der Waals surface area contributed by atoms with Crippen LogP contribution in [0.15, 0.2) is 94.6 Å². The van der Waals surface area contributed by atoms with Crippen LogP contribution < -0.4 is 16.0 Å². The SMILES string of the molecule is CCSc1nsc(NC(=O)CSc2ccc(NC(=O)/C(=C/c3ccccc3F)NC(=O)c3ccccc3)cc2)n1. The Labute approximate surface area is 243 Å². The molecule has 4 aromatic rings. The van der Waals surface area contributed by atoms with E-state index < -0.39 is 17.6 Å². The van der Waals surface area contributed by atoms with Crippen LogP contribution in [0.4, 0.5) is 15.2 Å². The minimum Gasteiger partial charge on any atom is -0.321 e. The average molecular weight is 594 g/mol. The number of nitrogens with one attached hydrogen (secondary N) is 3. The number of hydrogen-bond donors (Lipinski definition) is 3. The lowest BCUT2D eigenvalue weighted by atomic mass is 10.1. The van der Waals surface area contributed by atoms with Crippen molar-refractivity contribution in [3.05, 3.63) is 102 Å². The van der Waals surface area contributed by atoms with Crippen molar-refractivity contribution in [2.45, 2.75) is 17.0 Å². The molecule has 8 nitrogen and oxygen atoms in total. The highest BCUT2D eigenvalue weighted by Gasteiger charge is 2.16. The first-order valence-corrected chi connectivity index (χ1v) is 14.8. The van der Waals surface area contributed by atoms with Crippen molar-refractivity contribution in [2.24, 2.45) is 0 Å². The van der Waals surface area contributed by atoms with Gasteiger partial charge in [-0.1, -0.05) is 55.1 Å². The molecule has 0 saturated heterocycles. The zero-order valence-corrected chi connectivity index (χ0v) is 23.7. The molecule has 0 aliphatic heterocycles. The van der Waals surface area contributed by atoms with E-state index in [1.165, 1.54) is 47.8 Å². The molecule has 40 heavy (non-hydrogen) atoms. The number of halogens is 1. The molecule has 4 rings (SSSR count). The van der Waals surface area contributed by atoms with Crippen molar-refractivity contribution in [1.82, 2.24) is 14.7 Å². The molecule has 0 bridgehead atoms. The number of rotatable bonds is 11. The highest BCUT2D eigenvalue weighted by atomic mass is 32.2. The van der Waals surface area contributed by atoms with Crippen LogP contribution in [-0.4, -0.2) is 38.6 Å². The lowest BCUT2D eigenvalue weighted by Gasteiger charge is -2.12. The predicted octanol–water partition coefficient (Wildman–Crippen LogP) is 5.93. The summed E-state index contributed by atoms with van der Waals surface area (Å²) in [6.07, 6.45) is 1.29. The third-order valence-electron chi connectivity index (χ3n) is 5.14. The molecule has 1 aromatic heterocycles. The van der Waals surface area contributed by atoms with Gasteiger partial charge in [0.25, 0.3) is 11.8 Å². The Morgan fingerprint density at radius 1 is 0.925 bits per heavy atom. The van der Waals surface area contributed by atoms with Crippen LogP contribution in [0.1, 0.15) is 22.8 Å². The predicted molar refractivity (Wildman–Crippen MR) is 159 cm³/mol. The summed E-state index contributed by atoms with van der Waals surface area (Å²) < 4.78 is 18.5. The van der Waals surface area contributed by atoms with E-state index >= 15 is 0 Å². The highest BCUT2D eigenvalue weighted by Crippen LogP contribution is 2.23. The summed E-state index contributed by atoms with van der Waals surface area (Å²) in [5.41, 5.74) is 0.847. The highest BCUT2D eigenvalue weighted by molar-refractivity contribution is 8.00. The summed E-state index contributed by atoms with van der Waals surface area (Å²) in [6, 6.07) is 21.2. The second kappa shape index (κ2) is 14.4. The Kier molecular flexibility index (Phi) is 10.4. The molecule has 3 amide bonds. The first-order valence-electron chi connectivity index (χ1n) is 12.0. The van der Waals surface area contributed by atoms with Crippen LogP contribution in [-0.2, 0) is 9.59 Å². The van der Waals surface area contributed by atoms with Gasteiger partial charge in [0.2, 0.25) is 16.2 Å². The number of nitrogens with zero attached hydrogens (tertiary/aromatic N) is 2. The molecule has 0 spiro atoms. The third-order valence-corrected chi connectivity index (χ3v) is 7.63. The van der Waals surface area contributed by atoms with Gasteiger partial charge in [0.05, 0.1) is 5.75 Å². The molecule has 0 unspecified atom stereocenters. The molecule has 12 heteroatoms. The summed E-state index contributed by atoms with van der Waals surface area (Å²) in [5.74, 6) is -0.839. The van der Waals surface area contributed by atoms with Crippen molar-refractivity contribution < 1.29 is 18.8 Å². The van der Waals surface area contributed by atoms with E-state index in [0.29, 0.717) is 21.5 Å². The molecule has 0 saturated carbocycles. The Balaban J connectivity index is 1.38. The van der Waals surface area contributed by atoms with Gasteiger partial charge in [0, 0.05) is 33.2 Å². The van der Waals surface area contributed by atoms with Crippen LogP contribution in [0.25, 0.3) is 6.08 Å². The minimum absolute atomic E-state index is 0.119. The Morgan fingerprint density at radius 2 is 1.65 bits per heavy atom. The molecule has 0 radical (unpaired) electrons. The van der Waals surface area contributed by atoms with E-state index in [0.717, 1.165) is 22.2 Å². The van der Waals surface area contributed by atoms with Gasteiger partial charge < -0.3 is 10.6 Å². The first-order chi connectivity index (χ1) is 19.4. The van der Waals surface area contributed by atoms with Crippen LogP contribution in [0.2, 0.25) is 0 Å². The van der Waals surface area contributed by atoms with E-state index in [-0.39, 0.29) is 22.9 Å². The topological polar surface area (TPSA) is 113 Å². The van der Waals surface area contributed by atoms with E-state index in [9.17, 15) is 18.8 Å². The Hall–Kier alpha value is -4.00. The smallest absolute Gasteiger partial charge is 0.272 e. The van der Waals surface area contributed by atoms with Crippen molar-refractivity contribution in [1.29, 1.82) is 0 Å². The Morgan fingerprint density at radius 3 is 2.38 bits per heavy atom. The van der Waals surface area contributed by atoms with Crippen LogP contribution in [0, 0.1) is 5.82 Å². The first kappa shape index (κ1) is 29.0. The number of thioether (sulfide) groups is 2. The lowest BCUT2D eigenvalue weighted by molar-refractivity contribution is -0.114. The Bertz CT molecular complexity index is 1510. The average Bonchev–Trinajstić information content (AvgIpc) is 3.40. The molecule has 3 N–H and O–H groups in total. The maximum absolute atomic E-state index is 14.3. The van der Waals surface area contributed by atoms with Gasteiger partial charge in [-0.05, 0) is 54.3 Å². The number of carbonyl (C=O) groups is 3. The minimum atomic E-state index is -0.620. The fraction of sp³-hybridized carbons (Fsp3) is 0.107. The lowest BCUT2D eigenvalue weighted by Crippen LogP contribution is -2.30. The van der Waals surface area contributed by atoms with Gasteiger partial charge in [0.15, 0.2) is 0 Å². The van der Waals surface area contributed by atoms with E-state index in [2.05, 4.69) is 25.3 Å². The maximum atomic E-state index is 14.3. The van der Waals surface area contributed by atoms with Crippen molar-refractivity contribution in [3.63, 3.8) is 0 Å². The summed E-state index contributed by atoms with van der Waals surface area (Å²) in [6.45, 7) is 2.00. The maximum Gasteiger partial charge on any atom is 0.272 e. The third kappa shape index (κ3) is 8.50. The molecule has 3 aromatic carbocycles. The van der Waals surface area contributed by atoms with E-state index in [1.807, 2.05) is 6.92 Å². The van der Waals surface area contributed by atoms with E-state index in [1.54, 1.807) is 60.7 Å². The van der Waals surface area contributed by atoms with Crippen LogP contribution in [0.3, 0.4) is 0 Å². The van der Waals surface area contributed by atoms with Gasteiger partial charge >= 0.3 is 0 Å². The summed E-state index contributed by atoms with van der Waals surface area (Å²) in [7, 11) is 0. The van der Waals surface area contributed by atoms with E-state index in [4.69, 9.17) is 0 Å². The number of hydrogen-bond acceptors (Lipinski definition) is 8. The van der Waals surface area contributed by atoms with Gasteiger partial charge in [-0.3, -0.25) is 19.7 Å². The molecular formula is C28H24FN5O3S3. The number of aromatic nitrogens is 2.